The summed E-state index contributed by atoms with van der Waals surface area (Å²) in [6, 6.07) is 18.5. The third kappa shape index (κ3) is 4.59. The Labute approximate surface area is 134 Å². The van der Waals surface area contributed by atoms with Crippen LogP contribution < -0.4 is 4.72 Å². The molecule has 0 aliphatic heterocycles. The molecule has 0 spiro atoms. The van der Waals surface area contributed by atoms with Crippen LogP contribution in [-0.4, -0.2) is 24.2 Å². The van der Waals surface area contributed by atoms with Gasteiger partial charge in [0.05, 0.1) is 0 Å². The van der Waals surface area contributed by atoms with E-state index in [2.05, 4.69) is 4.72 Å². The Hall–Kier alpha value is -1.82. The number of hydrogen-bond acceptors (Lipinski definition) is 4. The normalized spacial score (nSPS) is 13.5. The van der Waals surface area contributed by atoms with Crippen LogP contribution in [0.1, 0.15) is 17.2 Å². The second kappa shape index (κ2) is 8.58. The lowest BCUT2D eigenvalue weighted by Gasteiger charge is -2.23. The van der Waals surface area contributed by atoms with Crippen LogP contribution in [-0.2, 0) is 15.3 Å². The van der Waals surface area contributed by atoms with Crippen LogP contribution in [0.25, 0.3) is 0 Å². The molecule has 116 valence electrons. The Bertz CT molecular complexity index is 577. The number of carboxylic acid groups (broad SMARTS) is 1. The average molecular weight is 317 g/mol. The van der Waals surface area contributed by atoms with E-state index in [0.29, 0.717) is 5.75 Å². The summed E-state index contributed by atoms with van der Waals surface area (Å²) in [5.74, 6) is -0.244. The fraction of sp³-hybridized carbons (Fsp3) is 0.235. The monoisotopic (exact) mass is 317 g/mol. The topological polar surface area (TPSA) is 58.6 Å². The molecular formula is C17H19NO3S. The molecule has 0 bridgehead atoms. The number of aliphatic carboxylic acids is 1. The Morgan fingerprint density at radius 1 is 1.14 bits per heavy atom. The van der Waals surface area contributed by atoms with Crippen LogP contribution >= 0.6 is 11.9 Å². The Balaban J connectivity index is 2.01. The lowest BCUT2D eigenvalue weighted by molar-refractivity contribution is -0.142. The highest BCUT2D eigenvalue weighted by molar-refractivity contribution is 7.96. The van der Waals surface area contributed by atoms with E-state index in [1.807, 2.05) is 60.7 Å². The van der Waals surface area contributed by atoms with Crippen LogP contribution in [0.4, 0.5) is 0 Å². The van der Waals surface area contributed by atoms with Gasteiger partial charge in [0.15, 0.2) is 0 Å². The van der Waals surface area contributed by atoms with E-state index in [1.54, 1.807) is 0 Å². The Morgan fingerprint density at radius 3 is 2.27 bits per heavy atom. The van der Waals surface area contributed by atoms with Gasteiger partial charge >= 0.3 is 5.97 Å². The summed E-state index contributed by atoms with van der Waals surface area (Å²) in [6.07, 6.45) is -0.540. The molecule has 0 aliphatic rings. The molecule has 0 saturated heterocycles. The summed E-state index contributed by atoms with van der Waals surface area (Å²) in [6.45, 7) is 0. The molecule has 4 nitrogen and oxygen atoms in total. The van der Waals surface area contributed by atoms with E-state index in [4.69, 9.17) is 4.74 Å². The summed E-state index contributed by atoms with van der Waals surface area (Å²) in [5, 5.41) is 9.48. The number of benzene rings is 2. The van der Waals surface area contributed by atoms with Crippen molar-refractivity contribution in [1.29, 1.82) is 0 Å². The molecule has 0 aliphatic carbocycles. The lowest BCUT2D eigenvalue weighted by Crippen LogP contribution is -2.39. The summed E-state index contributed by atoms with van der Waals surface area (Å²) in [4.78, 5) is 11.6. The van der Waals surface area contributed by atoms with Gasteiger partial charge in [-0.15, -0.1) is 0 Å². The predicted molar refractivity (Wildman–Crippen MR) is 88.5 cm³/mol. The van der Waals surface area contributed by atoms with Gasteiger partial charge in [-0.25, -0.2) is 4.72 Å². The predicted octanol–water partition coefficient (Wildman–Crippen LogP) is 3.27. The van der Waals surface area contributed by atoms with Crippen molar-refractivity contribution in [2.75, 3.05) is 7.11 Å². The second-order valence-electron chi connectivity index (χ2n) is 4.78. The lowest BCUT2D eigenvalue weighted by atomic mass is 10.0. The number of carboxylic acids is 1. The molecule has 5 heteroatoms. The molecule has 0 saturated carbocycles. The number of rotatable bonds is 8. The number of ether oxygens (including phenoxy) is 1. The summed E-state index contributed by atoms with van der Waals surface area (Å²) in [5.41, 5.74) is 1.98. The maximum Gasteiger partial charge on any atom is 0.324 e. The van der Waals surface area contributed by atoms with Crippen LogP contribution in [0, 0.1) is 0 Å². The van der Waals surface area contributed by atoms with E-state index >= 15 is 0 Å². The van der Waals surface area contributed by atoms with Crippen LogP contribution in [0.15, 0.2) is 60.7 Å². The summed E-state index contributed by atoms with van der Waals surface area (Å²) >= 11 is 1.37. The van der Waals surface area contributed by atoms with Crippen molar-refractivity contribution in [2.45, 2.75) is 17.9 Å². The number of carbonyl (C=O) groups is 1. The van der Waals surface area contributed by atoms with Gasteiger partial charge in [0.25, 0.3) is 0 Å². The average Bonchev–Trinajstić information content (AvgIpc) is 2.56. The smallest absolute Gasteiger partial charge is 0.324 e. The first kappa shape index (κ1) is 16.5. The van der Waals surface area contributed by atoms with E-state index in [1.165, 1.54) is 19.1 Å². The van der Waals surface area contributed by atoms with Crippen molar-refractivity contribution < 1.29 is 14.6 Å². The summed E-state index contributed by atoms with van der Waals surface area (Å²) < 4.78 is 8.42. The molecular weight excluding hydrogens is 298 g/mol. The zero-order valence-corrected chi connectivity index (χ0v) is 13.1. The minimum atomic E-state index is -0.934. The Kier molecular flexibility index (Phi) is 6.45. The van der Waals surface area contributed by atoms with Gasteiger partial charge in [0, 0.05) is 12.9 Å². The molecule has 2 aromatic rings. The number of hydrogen-bond donors (Lipinski definition) is 2. The van der Waals surface area contributed by atoms with Crippen LogP contribution in [0.2, 0.25) is 0 Å². The molecule has 0 amide bonds. The van der Waals surface area contributed by atoms with Crippen molar-refractivity contribution >= 4 is 17.9 Å². The SMILES string of the molecule is COC(c1ccccc1)[C@@H](NSCc1ccccc1)C(=O)O. The van der Waals surface area contributed by atoms with Gasteiger partial charge in [-0.1, -0.05) is 72.6 Å². The highest BCUT2D eigenvalue weighted by Crippen LogP contribution is 2.23. The minimum absolute atomic E-state index is 0.540. The highest BCUT2D eigenvalue weighted by Gasteiger charge is 2.29. The largest absolute Gasteiger partial charge is 0.480 e. The van der Waals surface area contributed by atoms with E-state index in [-0.39, 0.29) is 0 Å². The molecule has 1 unspecified atom stereocenters. The molecule has 0 fully saturated rings. The van der Waals surface area contributed by atoms with Gasteiger partial charge in [-0.05, 0) is 11.1 Å². The van der Waals surface area contributed by atoms with E-state index in [0.717, 1.165) is 11.1 Å². The minimum Gasteiger partial charge on any atom is -0.480 e. The fourth-order valence-electron chi connectivity index (χ4n) is 2.14. The molecule has 2 N–H and O–H groups in total. The van der Waals surface area contributed by atoms with Gasteiger partial charge < -0.3 is 9.84 Å². The van der Waals surface area contributed by atoms with Crippen LogP contribution in [0.5, 0.6) is 0 Å². The third-order valence-electron chi connectivity index (χ3n) is 3.24. The first-order valence-corrected chi connectivity index (χ1v) is 7.92. The quantitative estimate of drug-likeness (QED) is 0.732. The zero-order valence-electron chi connectivity index (χ0n) is 12.3. The maximum atomic E-state index is 11.6. The van der Waals surface area contributed by atoms with Gasteiger partial charge in [0.2, 0.25) is 0 Å². The number of nitrogens with one attached hydrogen (secondary N) is 1. The van der Waals surface area contributed by atoms with Crippen molar-refractivity contribution in [3.05, 3.63) is 71.8 Å². The number of methoxy groups -OCH3 is 1. The van der Waals surface area contributed by atoms with Crippen molar-refractivity contribution in [3.8, 4) is 0 Å². The van der Waals surface area contributed by atoms with Crippen molar-refractivity contribution in [1.82, 2.24) is 4.72 Å². The zero-order chi connectivity index (χ0) is 15.8. The van der Waals surface area contributed by atoms with Crippen molar-refractivity contribution in [2.24, 2.45) is 0 Å². The van der Waals surface area contributed by atoms with E-state index in [9.17, 15) is 9.90 Å². The second-order valence-corrected chi connectivity index (χ2v) is 5.59. The van der Waals surface area contributed by atoms with Crippen LogP contribution in [0.3, 0.4) is 0 Å². The standard InChI is InChI=1S/C17H19NO3S/c1-21-16(14-10-6-3-7-11-14)15(17(19)20)18-22-12-13-8-4-2-5-9-13/h2-11,15-16,18H,12H2,1H3,(H,19,20)/t15-,16?/m1/s1. The molecule has 2 rings (SSSR count). The van der Waals surface area contributed by atoms with Gasteiger partial charge in [-0.2, -0.15) is 0 Å². The van der Waals surface area contributed by atoms with Crippen molar-refractivity contribution in [3.63, 3.8) is 0 Å². The Morgan fingerprint density at radius 2 is 1.73 bits per heavy atom. The molecule has 22 heavy (non-hydrogen) atoms. The first-order chi connectivity index (χ1) is 10.7. The molecule has 2 aromatic carbocycles. The molecule has 2 atom stereocenters. The maximum absolute atomic E-state index is 11.6. The molecule has 0 heterocycles. The highest BCUT2D eigenvalue weighted by atomic mass is 32.2. The first-order valence-electron chi connectivity index (χ1n) is 6.94. The third-order valence-corrected chi connectivity index (χ3v) is 4.14. The van der Waals surface area contributed by atoms with Gasteiger partial charge in [0.1, 0.15) is 12.1 Å². The van der Waals surface area contributed by atoms with Gasteiger partial charge in [-0.3, -0.25) is 4.79 Å². The van der Waals surface area contributed by atoms with E-state index < -0.39 is 18.1 Å². The molecule has 0 aromatic heterocycles. The summed E-state index contributed by atoms with van der Waals surface area (Å²) in [7, 11) is 1.52. The fourth-order valence-corrected chi connectivity index (χ4v) is 2.98. The molecule has 0 radical (unpaired) electrons.